The molecular formula is C16H27N3O2. The fourth-order valence-corrected chi connectivity index (χ4v) is 3.05. The van der Waals surface area contributed by atoms with Crippen molar-refractivity contribution in [3.8, 4) is 0 Å². The maximum atomic E-state index is 12.3. The normalized spacial score (nSPS) is 18.2. The number of aryl methyl sites for hydroxylation is 1. The molecule has 0 bridgehead atoms. The summed E-state index contributed by atoms with van der Waals surface area (Å²) in [6.07, 6.45) is 8.68. The number of anilines is 1. The van der Waals surface area contributed by atoms with E-state index >= 15 is 0 Å². The Labute approximate surface area is 126 Å². The van der Waals surface area contributed by atoms with E-state index < -0.39 is 5.60 Å². The smallest absolute Gasteiger partial charge is 0.268 e. The first-order chi connectivity index (χ1) is 10.0. The van der Waals surface area contributed by atoms with Gasteiger partial charge in [-0.1, -0.05) is 32.6 Å². The van der Waals surface area contributed by atoms with Crippen LogP contribution in [0.4, 0.5) is 5.69 Å². The second-order valence-electron chi connectivity index (χ2n) is 6.17. The van der Waals surface area contributed by atoms with Gasteiger partial charge in [0, 0.05) is 19.3 Å². The number of carbonyl (C=O) groups excluding carboxylic acids is 1. The molecule has 1 aliphatic rings. The Bertz CT molecular complexity index is 474. The summed E-state index contributed by atoms with van der Waals surface area (Å²) in [7, 11) is 0. The molecule has 0 aliphatic heterocycles. The lowest BCUT2D eigenvalue weighted by atomic mass is 9.94. The highest BCUT2D eigenvalue weighted by Crippen LogP contribution is 2.26. The van der Waals surface area contributed by atoms with E-state index in [1.165, 1.54) is 12.8 Å². The van der Waals surface area contributed by atoms with Crippen molar-refractivity contribution in [3.05, 3.63) is 18.0 Å². The topological polar surface area (TPSA) is 80.3 Å². The first-order valence-electron chi connectivity index (χ1n) is 8.00. The minimum absolute atomic E-state index is 0.155. The molecule has 0 saturated heterocycles. The molecule has 1 saturated carbocycles. The van der Waals surface area contributed by atoms with Gasteiger partial charge in [0.1, 0.15) is 5.69 Å². The molecule has 2 rings (SSSR count). The number of nitrogens with zero attached hydrogens (tertiary/aromatic N) is 1. The second kappa shape index (κ2) is 6.98. The summed E-state index contributed by atoms with van der Waals surface area (Å²) in [4.78, 5) is 12.3. The third kappa shape index (κ3) is 4.24. The molecule has 1 fully saturated rings. The minimum Gasteiger partial charge on any atom is -0.397 e. The number of carbonyl (C=O) groups is 1. The zero-order valence-electron chi connectivity index (χ0n) is 12.9. The number of rotatable bonds is 5. The van der Waals surface area contributed by atoms with Crippen LogP contribution in [0.2, 0.25) is 0 Å². The molecule has 1 aromatic heterocycles. The predicted octanol–water partition coefficient (Wildman–Crippen LogP) is 2.30. The summed E-state index contributed by atoms with van der Waals surface area (Å²) in [5.74, 6) is -0.155. The zero-order valence-corrected chi connectivity index (χ0v) is 12.9. The minimum atomic E-state index is -0.750. The van der Waals surface area contributed by atoms with Gasteiger partial charge < -0.3 is 20.7 Å². The third-order valence-corrected chi connectivity index (χ3v) is 4.23. The predicted molar refractivity (Wildman–Crippen MR) is 84.1 cm³/mol. The summed E-state index contributed by atoms with van der Waals surface area (Å²) in [6.45, 7) is 3.15. The number of amides is 1. The standard InChI is InChI=1S/C16H27N3O2/c1-2-9-19-11-13(17)10-14(19)15(20)18-12-16(21)7-5-3-4-6-8-16/h10-11,21H,2-9,12,17H2,1H3,(H,18,20). The fraction of sp³-hybridized carbons (Fsp3) is 0.688. The zero-order chi connectivity index (χ0) is 15.3. The van der Waals surface area contributed by atoms with Crippen molar-refractivity contribution in [2.45, 2.75) is 64.0 Å². The van der Waals surface area contributed by atoms with E-state index in [2.05, 4.69) is 12.2 Å². The van der Waals surface area contributed by atoms with Crippen LogP contribution in [0.1, 0.15) is 62.4 Å². The van der Waals surface area contributed by atoms with Gasteiger partial charge in [-0.2, -0.15) is 0 Å². The van der Waals surface area contributed by atoms with Gasteiger partial charge in [-0.15, -0.1) is 0 Å². The van der Waals surface area contributed by atoms with E-state index in [0.717, 1.165) is 38.6 Å². The number of hydrogen-bond acceptors (Lipinski definition) is 3. The molecular weight excluding hydrogens is 266 g/mol. The number of hydrogen-bond donors (Lipinski definition) is 3. The Kier molecular flexibility index (Phi) is 5.28. The molecule has 118 valence electrons. The molecule has 0 radical (unpaired) electrons. The van der Waals surface area contributed by atoms with Crippen molar-refractivity contribution in [2.75, 3.05) is 12.3 Å². The first kappa shape index (κ1) is 15.9. The summed E-state index contributed by atoms with van der Waals surface area (Å²) < 4.78 is 1.88. The highest BCUT2D eigenvalue weighted by Gasteiger charge is 2.28. The van der Waals surface area contributed by atoms with Gasteiger partial charge >= 0.3 is 0 Å². The summed E-state index contributed by atoms with van der Waals surface area (Å²) in [5.41, 5.74) is 6.21. The largest absolute Gasteiger partial charge is 0.397 e. The quantitative estimate of drug-likeness (QED) is 0.729. The molecule has 1 aromatic rings. The molecule has 1 heterocycles. The van der Waals surface area contributed by atoms with Gasteiger partial charge in [-0.25, -0.2) is 0 Å². The Morgan fingerprint density at radius 2 is 2.05 bits per heavy atom. The lowest BCUT2D eigenvalue weighted by molar-refractivity contribution is 0.0245. The lowest BCUT2D eigenvalue weighted by Crippen LogP contribution is -2.43. The van der Waals surface area contributed by atoms with Crippen LogP contribution in [0.25, 0.3) is 0 Å². The Hall–Kier alpha value is -1.49. The number of aromatic nitrogens is 1. The number of aliphatic hydroxyl groups is 1. The Balaban J connectivity index is 1.97. The van der Waals surface area contributed by atoms with Crippen LogP contribution in [0.5, 0.6) is 0 Å². The van der Waals surface area contributed by atoms with Crippen molar-refractivity contribution in [3.63, 3.8) is 0 Å². The molecule has 0 spiro atoms. The van der Waals surface area contributed by atoms with Crippen molar-refractivity contribution in [1.82, 2.24) is 9.88 Å². The number of nitrogen functional groups attached to an aromatic ring is 1. The number of nitrogens with two attached hydrogens (primary N) is 1. The van der Waals surface area contributed by atoms with Crippen LogP contribution in [0, 0.1) is 0 Å². The van der Waals surface area contributed by atoms with Crippen LogP contribution in [-0.2, 0) is 6.54 Å². The van der Waals surface area contributed by atoms with Crippen molar-refractivity contribution >= 4 is 11.6 Å². The maximum Gasteiger partial charge on any atom is 0.268 e. The highest BCUT2D eigenvalue weighted by molar-refractivity contribution is 5.93. The monoisotopic (exact) mass is 293 g/mol. The molecule has 4 N–H and O–H groups in total. The lowest BCUT2D eigenvalue weighted by Gasteiger charge is -2.26. The van der Waals surface area contributed by atoms with Crippen molar-refractivity contribution < 1.29 is 9.90 Å². The van der Waals surface area contributed by atoms with Gasteiger partial charge in [0.05, 0.1) is 11.3 Å². The summed E-state index contributed by atoms with van der Waals surface area (Å²) in [5, 5.41) is 13.5. The van der Waals surface area contributed by atoms with E-state index in [-0.39, 0.29) is 5.91 Å². The molecule has 1 amide bonds. The molecule has 5 heteroatoms. The average Bonchev–Trinajstić information content (AvgIpc) is 2.68. The fourth-order valence-electron chi connectivity index (χ4n) is 3.05. The van der Waals surface area contributed by atoms with Crippen LogP contribution in [-0.4, -0.2) is 27.7 Å². The SMILES string of the molecule is CCCn1cc(N)cc1C(=O)NCC1(O)CCCCCC1. The molecule has 0 atom stereocenters. The second-order valence-corrected chi connectivity index (χ2v) is 6.17. The van der Waals surface area contributed by atoms with Gasteiger partial charge in [0.25, 0.3) is 5.91 Å². The molecule has 5 nitrogen and oxygen atoms in total. The van der Waals surface area contributed by atoms with Crippen LogP contribution in [0.3, 0.4) is 0 Å². The maximum absolute atomic E-state index is 12.3. The van der Waals surface area contributed by atoms with E-state index in [1.807, 2.05) is 4.57 Å². The molecule has 0 unspecified atom stereocenters. The van der Waals surface area contributed by atoms with Gasteiger partial charge in [0.2, 0.25) is 0 Å². The van der Waals surface area contributed by atoms with Crippen molar-refractivity contribution in [2.24, 2.45) is 0 Å². The summed E-state index contributed by atoms with van der Waals surface area (Å²) in [6, 6.07) is 1.70. The van der Waals surface area contributed by atoms with Crippen LogP contribution < -0.4 is 11.1 Å². The van der Waals surface area contributed by atoms with E-state index in [0.29, 0.717) is 17.9 Å². The van der Waals surface area contributed by atoms with Gasteiger partial charge in [-0.05, 0) is 25.3 Å². The Morgan fingerprint density at radius 1 is 1.38 bits per heavy atom. The van der Waals surface area contributed by atoms with Gasteiger partial charge in [0.15, 0.2) is 0 Å². The van der Waals surface area contributed by atoms with Gasteiger partial charge in [-0.3, -0.25) is 4.79 Å². The molecule has 0 aromatic carbocycles. The first-order valence-corrected chi connectivity index (χ1v) is 8.00. The third-order valence-electron chi connectivity index (χ3n) is 4.23. The summed E-state index contributed by atoms with van der Waals surface area (Å²) >= 11 is 0. The Morgan fingerprint density at radius 3 is 2.67 bits per heavy atom. The molecule has 1 aliphatic carbocycles. The average molecular weight is 293 g/mol. The highest BCUT2D eigenvalue weighted by atomic mass is 16.3. The number of nitrogens with one attached hydrogen (secondary N) is 1. The van der Waals surface area contributed by atoms with Crippen molar-refractivity contribution in [1.29, 1.82) is 0 Å². The van der Waals surface area contributed by atoms with E-state index in [4.69, 9.17) is 5.73 Å². The van der Waals surface area contributed by atoms with Crippen LogP contribution in [0.15, 0.2) is 12.3 Å². The molecule has 21 heavy (non-hydrogen) atoms. The van der Waals surface area contributed by atoms with E-state index in [1.54, 1.807) is 12.3 Å². The van der Waals surface area contributed by atoms with Crippen LogP contribution >= 0.6 is 0 Å². The van der Waals surface area contributed by atoms with E-state index in [9.17, 15) is 9.90 Å².